The topological polar surface area (TPSA) is 0 Å². The monoisotopic (exact) mass is 154 g/mol. The molecule has 0 aromatic carbocycles. The van der Waals surface area contributed by atoms with Gasteiger partial charge in [-0.1, -0.05) is 13.8 Å². The first-order chi connectivity index (χ1) is 3.68. The molecule has 0 radical (unpaired) electrons. The third-order valence-corrected chi connectivity index (χ3v) is 2.79. The second-order valence-corrected chi connectivity index (χ2v) is 2.97. The Hall–Kier alpha value is 0.580. The van der Waals surface area contributed by atoms with Crippen LogP contribution >= 0.6 is 23.2 Å². The molecular weight excluding hydrogens is 143 g/mol. The van der Waals surface area contributed by atoms with E-state index in [1.807, 2.05) is 0 Å². The van der Waals surface area contributed by atoms with Crippen LogP contribution in [0.5, 0.6) is 0 Å². The van der Waals surface area contributed by atoms with Crippen LogP contribution < -0.4 is 0 Å². The molecule has 0 saturated carbocycles. The van der Waals surface area contributed by atoms with E-state index in [2.05, 4.69) is 13.8 Å². The molecule has 0 rings (SSSR count). The lowest BCUT2D eigenvalue weighted by molar-refractivity contribution is 0.411. The minimum Gasteiger partial charge on any atom is -0.126 e. The number of halogens is 2. The number of hydrogen-bond acceptors (Lipinski definition) is 0. The number of hydrogen-bond donors (Lipinski definition) is 0. The molecule has 0 spiro atoms. The van der Waals surface area contributed by atoms with Gasteiger partial charge in [0.15, 0.2) is 0 Å². The molecule has 0 aromatic rings. The van der Waals surface area contributed by atoms with E-state index in [1.54, 1.807) is 0 Å². The average Bonchev–Trinajstić information content (AvgIpc) is 1.87. The summed E-state index contributed by atoms with van der Waals surface area (Å²) in [6.45, 7) is 4.19. The maximum Gasteiger partial charge on any atom is 0.0288 e. The van der Waals surface area contributed by atoms with Crippen molar-refractivity contribution in [3.63, 3.8) is 0 Å². The van der Waals surface area contributed by atoms with Crippen molar-refractivity contribution < 1.29 is 0 Å². The molecule has 0 aliphatic carbocycles. The zero-order valence-corrected chi connectivity index (χ0v) is 6.89. The summed E-state index contributed by atoms with van der Waals surface area (Å²) >= 11 is 11.2. The smallest absolute Gasteiger partial charge is 0.0288 e. The molecule has 0 atom stereocenters. The van der Waals surface area contributed by atoms with Gasteiger partial charge in [0.1, 0.15) is 0 Å². The van der Waals surface area contributed by atoms with Gasteiger partial charge in [0, 0.05) is 11.8 Å². The van der Waals surface area contributed by atoms with Gasteiger partial charge in [0.2, 0.25) is 0 Å². The fraction of sp³-hybridized carbons (Fsp3) is 1.00. The summed E-state index contributed by atoms with van der Waals surface area (Å²) in [5.74, 6) is 1.32. The molecule has 0 N–H and O–H groups in total. The summed E-state index contributed by atoms with van der Waals surface area (Å²) in [4.78, 5) is 0. The predicted octanol–water partition coefficient (Wildman–Crippen LogP) is 2.88. The van der Waals surface area contributed by atoms with Gasteiger partial charge in [0.25, 0.3) is 0 Å². The predicted molar refractivity (Wildman–Crippen MR) is 39.8 cm³/mol. The van der Waals surface area contributed by atoms with E-state index in [0.717, 1.165) is 6.42 Å². The van der Waals surface area contributed by atoms with Crippen molar-refractivity contribution in [3.8, 4) is 0 Å². The van der Waals surface area contributed by atoms with Crippen molar-refractivity contribution in [2.75, 3.05) is 11.8 Å². The van der Waals surface area contributed by atoms with E-state index in [0.29, 0.717) is 11.8 Å². The molecular formula is C6H12Cl2. The summed E-state index contributed by atoms with van der Waals surface area (Å²) in [5.41, 5.74) is 0.156. The van der Waals surface area contributed by atoms with Gasteiger partial charge in [0.05, 0.1) is 0 Å². The van der Waals surface area contributed by atoms with Crippen molar-refractivity contribution >= 4 is 23.2 Å². The van der Waals surface area contributed by atoms with Crippen LogP contribution in [0.3, 0.4) is 0 Å². The first-order valence-corrected chi connectivity index (χ1v) is 3.87. The molecule has 0 heterocycles. The normalized spacial score (nSPS) is 12.0. The molecule has 0 aliphatic heterocycles. The molecule has 50 valence electrons. The lowest BCUT2D eigenvalue weighted by Crippen LogP contribution is -2.18. The van der Waals surface area contributed by atoms with Crippen molar-refractivity contribution in [2.24, 2.45) is 5.41 Å². The Morgan fingerprint density at radius 3 is 1.62 bits per heavy atom. The lowest BCUT2D eigenvalue weighted by Gasteiger charge is -2.20. The summed E-state index contributed by atoms with van der Waals surface area (Å²) < 4.78 is 0. The van der Waals surface area contributed by atoms with Gasteiger partial charge in [-0.25, -0.2) is 0 Å². The molecule has 2 heteroatoms. The lowest BCUT2D eigenvalue weighted by atomic mass is 9.93. The molecule has 0 amide bonds. The van der Waals surface area contributed by atoms with Gasteiger partial charge in [-0.2, -0.15) is 0 Å². The Morgan fingerprint density at radius 2 is 1.62 bits per heavy atom. The van der Waals surface area contributed by atoms with Gasteiger partial charge in [-0.05, 0) is 11.8 Å². The highest BCUT2D eigenvalue weighted by atomic mass is 35.5. The van der Waals surface area contributed by atoms with Crippen molar-refractivity contribution in [2.45, 2.75) is 20.3 Å². The highest BCUT2D eigenvalue weighted by Gasteiger charge is 2.18. The Kier molecular flexibility index (Phi) is 3.84. The van der Waals surface area contributed by atoms with E-state index < -0.39 is 0 Å². The average molecular weight is 155 g/mol. The van der Waals surface area contributed by atoms with Crippen LogP contribution in [-0.2, 0) is 0 Å². The minimum atomic E-state index is 0.156. The largest absolute Gasteiger partial charge is 0.126 e. The zero-order chi connectivity index (χ0) is 6.62. The van der Waals surface area contributed by atoms with Crippen LogP contribution in [0.1, 0.15) is 20.3 Å². The van der Waals surface area contributed by atoms with E-state index >= 15 is 0 Å². The molecule has 0 unspecified atom stereocenters. The van der Waals surface area contributed by atoms with Gasteiger partial charge >= 0.3 is 0 Å². The van der Waals surface area contributed by atoms with E-state index in [1.165, 1.54) is 0 Å². The molecule has 0 aliphatic rings. The van der Waals surface area contributed by atoms with Crippen molar-refractivity contribution in [1.82, 2.24) is 0 Å². The molecule has 0 fully saturated rings. The SMILES string of the molecule is CCC(C)(CCl)CCl. The quantitative estimate of drug-likeness (QED) is 0.549. The maximum atomic E-state index is 5.62. The third-order valence-electron chi connectivity index (χ3n) is 1.50. The highest BCUT2D eigenvalue weighted by molar-refractivity contribution is 6.21. The minimum absolute atomic E-state index is 0.156. The van der Waals surface area contributed by atoms with Crippen molar-refractivity contribution in [3.05, 3.63) is 0 Å². The maximum absolute atomic E-state index is 5.62. The van der Waals surface area contributed by atoms with Crippen LogP contribution in [0.25, 0.3) is 0 Å². The molecule has 0 nitrogen and oxygen atoms in total. The fourth-order valence-corrected chi connectivity index (χ4v) is 0.888. The molecule has 0 bridgehead atoms. The van der Waals surface area contributed by atoms with Gasteiger partial charge < -0.3 is 0 Å². The van der Waals surface area contributed by atoms with E-state index in [4.69, 9.17) is 23.2 Å². The zero-order valence-electron chi connectivity index (χ0n) is 5.38. The fourth-order valence-electron chi connectivity index (χ4n) is 0.225. The Labute approximate surface area is 61.2 Å². The standard InChI is InChI=1S/C6H12Cl2/c1-3-6(2,4-7)5-8/h3-5H2,1-2H3. The van der Waals surface area contributed by atoms with E-state index in [9.17, 15) is 0 Å². The Bertz CT molecular complexity index is 49.3. The van der Waals surface area contributed by atoms with E-state index in [-0.39, 0.29) is 5.41 Å². The van der Waals surface area contributed by atoms with Crippen LogP contribution in [-0.4, -0.2) is 11.8 Å². The first-order valence-electron chi connectivity index (χ1n) is 2.80. The first kappa shape index (κ1) is 8.58. The van der Waals surface area contributed by atoms with Gasteiger partial charge in [-0.15, -0.1) is 23.2 Å². The number of alkyl halides is 2. The highest BCUT2D eigenvalue weighted by Crippen LogP contribution is 2.23. The Balaban J connectivity index is 3.58. The number of rotatable bonds is 3. The second-order valence-electron chi connectivity index (χ2n) is 2.43. The van der Waals surface area contributed by atoms with Gasteiger partial charge in [-0.3, -0.25) is 0 Å². The summed E-state index contributed by atoms with van der Waals surface area (Å²) in [7, 11) is 0. The summed E-state index contributed by atoms with van der Waals surface area (Å²) in [6, 6.07) is 0. The Morgan fingerprint density at radius 1 is 1.25 bits per heavy atom. The summed E-state index contributed by atoms with van der Waals surface area (Å²) in [5, 5.41) is 0. The molecule has 0 aromatic heterocycles. The van der Waals surface area contributed by atoms with Crippen molar-refractivity contribution in [1.29, 1.82) is 0 Å². The third kappa shape index (κ3) is 2.23. The van der Waals surface area contributed by atoms with Crippen LogP contribution in [0.15, 0.2) is 0 Å². The van der Waals surface area contributed by atoms with Crippen LogP contribution in [0.4, 0.5) is 0 Å². The van der Waals surface area contributed by atoms with Crippen LogP contribution in [0.2, 0.25) is 0 Å². The molecule has 8 heavy (non-hydrogen) atoms. The molecule has 0 saturated heterocycles. The van der Waals surface area contributed by atoms with Crippen LogP contribution in [0, 0.1) is 5.41 Å². The summed E-state index contributed by atoms with van der Waals surface area (Å²) in [6.07, 6.45) is 1.06. The second kappa shape index (κ2) is 3.58.